The van der Waals surface area contributed by atoms with E-state index in [-0.39, 0.29) is 17.7 Å². The van der Waals surface area contributed by atoms with Gasteiger partial charge in [0.25, 0.3) is 11.7 Å². The number of amides is 1. The maximum absolute atomic E-state index is 13.4. The quantitative estimate of drug-likeness (QED) is 0.905. The number of rotatable bonds is 3. The highest BCUT2D eigenvalue weighted by Gasteiger charge is 2.24. The van der Waals surface area contributed by atoms with Crippen molar-refractivity contribution in [3.63, 3.8) is 0 Å². The zero-order valence-corrected chi connectivity index (χ0v) is 11.5. The molecule has 7 heteroatoms. The first-order valence-corrected chi connectivity index (χ1v) is 6.78. The van der Waals surface area contributed by atoms with Gasteiger partial charge in [-0.1, -0.05) is 11.2 Å². The van der Waals surface area contributed by atoms with Gasteiger partial charge in [0.2, 0.25) is 5.89 Å². The summed E-state index contributed by atoms with van der Waals surface area (Å²) >= 11 is 0. The average molecular weight is 290 g/mol. The summed E-state index contributed by atoms with van der Waals surface area (Å²) in [7, 11) is 0. The average Bonchev–Trinajstić information content (AvgIpc) is 3.12. The molecule has 21 heavy (non-hydrogen) atoms. The summed E-state index contributed by atoms with van der Waals surface area (Å²) < 4.78 is 18.5. The van der Waals surface area contributed by atoms with E-state index in [2.05, 4.69) is 20.8 Å². The van der Waals surface area contributed by atoms with Crippen LogP contribution in [0, 0.1) is 12.7 Å². The lowest BCUT2D eigenvalue weighted by Gasteiger charge is -2.04. The minimum atomic E-state index is -0.522. The van der Waals surface area contributed by atoms with Gasteiger partial charge in [0.1, 0.15) is 5.82 Å². The van der Waals surface area contributed by atoms with E-state index in [9.17, 15) is 9.18 Å². The van der Waals surface area contributed by atoms with Crippen molar-refractivity contribution in [2.24, 2.45) is 0 Å². The SMILES string of the molecule is Cc1ccc(NC(=O)c2noc(C3CCCN3)n2)cc1F. The summed E-state index contributed by atoms with van der Waals surface area (Å²) in [6.07, 6.45) is 1.95. The highest BCUT2D eigenvalue weighted by atomic mass is 19.1. The van der Waals surface area contributed by atoms with Crippen molar-refractivity contribution in [1.29, 1.82) is 0 Å². The molecule has 6 nitrogen and oxygen atoms in total. The molecule has 1 aromatic carbocycles. The third-order valence-corrected chi connectivity index (χ3v) is 3.43. The summed E-state index contributed by atoms with van der Waals surface area (Å²) in [6, 6.07) is 4.48. The van der Waals surface area contributed by atoms with Crippen LogP contribution in [0.2, 0.25) is 0 Å². The van der Waals surface area contributed by atoms with Crippen molar-refractivity contribution < 1.29 is 13.7 Å². The van der Waals surface area contributed by atoms with Gasteiger partial charge in [0, 0.05) is 5.69 Å². The standard InChI is InChI=1S/C14H15FN4O2/c1-8-4-5-9(7-10(8)15)17-13(20)12-18-14(21-19-12)11-3-2-6-16-11/h4-5,7,11,16H,2-3,6H2,1H3,(H,17,20). The molecule has 0 saturated carbocycles. The van der Waals surface area contributed by atoms with Gasteiger partial charge in [-0.25, -0.2) is 4.39 Å². The number of aromatic nitrogens is 2. The molecule has 2 aromatic rings. The Hall–Kier alpha value is -2.28. The smallest absolute Gasteiger partial charge is 0.297 e. The van der Waals surface area contributed by atoms with Crippen molar-refractivity contribution >= 4 is 11.6 Å². The van der Waals surface area contributed by atoms with Crippen LogP contribution < -0.4 is 10.6 Å². The van der Waals surface area contributed by atoms with E-state index in [4.69, 9.17) is 4.52 Å². The normalized spacial score (nSPS) is 17.9. The number of benzene rings is 1. The molecule has 1 aromatic heterocycles. The molecule has 1 fully saturated rings. The highest BCUT2D eigenvalue weighted by Crippen LogP contribution is 2.21. The van der Waals surface area contributed by atoms with Crippen LogP contribution in [0.15, 0.2) is 22.7 Å². The number of anilines is 1. The zero-order valence-electron chi connectivity index (χ0n) is 11.5. The minimum absolute atomic E-state index is 0.0101. The van der Waals surface area contributed by atoms with Crippen LogP contribution in [0.5, 0.6) is 0 Å². The molecule has 1 atom stereocenters. The Morgan fingerprint density at radius 1 is 1.52 bits per heavy atom. The number of hydrogen-bond donors (Lipinski definition) is 2. The molecule has 1 aliphatic heterocycles. The van der Waals surface area contributed by atoms with Crippen molar-refractivity contribution in [2.45, 2.75) is 25.8 Å². The van der Waals surface area contributed by atoms with E-state index in [0.29, 0.717) is 17.1 Å². The van der Waals surface area contributed by atoms with Crippen LogP contribution in [0.25, 0.3) is 0 Å². The largest absolute Gasteiger partial charge is 0.337 e. The number of carbonyl (C=O) groups is 1. The van der Waals surface area contributed by atoms with E-state index in [0.717, 1.165) is 19.4 Å². The fourth-order valence-electron chi connectivity index (χ4n) is 2.22. The Morgan fingerprint density at radius 2 is 2.38 bits per heavy atom. The van der Waals surface area contributed by atoms with Crippen LogP contribution in [-0.2, 0) is 0 Å². The molecule has 2 N–H and O–H groups in total. The summed E-state index contributed by atoms with van der Waals surface area (Å²) in [5.41, 5.74) is 0.871. The third-order valence-electron chi connectivity index (χ3n) is 3.43. The second-order valence-electron chi connectivity index (χ2n) is 5.02. The minimum Gasteiger partial charge on any atom is -0.337 e. The number of aryl methyl sites for hydroxylation is 1. The molecule has 1 saturated heterocycles. The van der Waals surface area contributed by atoms with Gasteiger partial charge >= 0.3 is 0 Å². The topological polar surface area (TPSA) is 80.0 Å². The molecular formula is C14H15FN4O2. The van der Waals surface area contributed by atoms with Crippen molar-refractivity contribution in [3.8, 4) is 0 Å². The molecule has 3 rings (SSSR count). The van der Waals surface area contributed by atoms with Crippen molar-refractivity contribution in [1.82, 2.24) is 15.5 Å². The molecule has 0 radical (unpaired) electrons. The molecule has 1 unspecified atom stereocenters. The lowest BCUT2D eigenvalue weighted by atomic mass is 10.2. The van der Waals surface area contributed by atoms with Gasteiger partial charge in [0.15, 0.2) is 0 Å². The van der Waals surface area contributed by atoms with Gasteiger partial charge in [0.05, 0.1) is 6.04 Å². The molecule has 0 spiro atoms. The Kier molecular flexibility index (Phi) is 3.66. The lowest BCUT2D eigenvalue weighted by Crippen LogP contribution is -2.16. The first-order valence-electron chi connectivity index (χ1n) is 6.78. The lowest BCUT2D eigenvalue weighted by molar-refractivity contribution is 0.101. The van der Waals surface area contributed by atoms with E-state index < -0.39 is 5.91 Å². The third kappa shape index (κ3) is 2.92. The first kappa shape index (κ1) is 13.7. The van der Waals surface area contributed by atoms with E-state index >= 15 is 0 Å². The highest BCUT2D eigenvalue weighted by molar-refractivity contribution is 6.01. The number of nitrogens with zero attached hydrogens (tertiary/aromatic N) is 2. The second-order valence-corrected chi connectivity index (χ2v) is 5.02. The number of halogens is 1. The number of hydrogen-bond acceptors (Lipinski definition) is 5. The summed E-state index contributed by atoms with van der Waals surface area (Å²) in [4.78, 5) is 16.1. The fraction of sp³-hybridized carbons (Fsp3) is 0.357. The maximum atomic E-state index is 13.4. The van der Waals surface area contributed by atoms with Gasteiger partial charge in [-0.15, -0.1) is 0 Å². The van der Waals surface area contributed by atoms with E-state index in [1.165, 1.54) is 6.07 Å². The predicted octanol–water partition coefficient (Wildman–Crippen LogP) is 2.19. The van der Waals surface area contributed by atoms with E-state index in [1.54, 1.807) is 19.1 Å². The maximum Gasteiger partial charge on any atom is 0.297 e. The van der Waals surface area contributed by atoms with Gasteiger partial charge in [-0.05, 0) is 44.0 Å². The molecule has 1 aliphatic rings. The first-order chi connectivity index (χ1) is 10.1. The summed E-state index contributed by atoms with van der Waals surface area (Å²) in [5.74, 6) is -0.546. The number of nitrogens with one attached hydrogen (secondary N) is 2. The Balaban J connectivity index is 1.71. The Morgan fingerprint density at radius 3 is 3.10 bits per heavy atom. The van der Waals surface area contributed by atoms with Crippen LogP contribution in [-0.4, -0.2) is 22.6 Å². The molecular weight excluding hydrogens is 275 g/mol. The van der Waals surface area contributed by atoms with Gasteiger partial charge in [-0.2, -0.15) is 4.98 Å². The summed E-state index contributed by atoms with van der Waals surface area (Å²) in [6.45, 7) is 2.55. The molecule has 110 valence electrons. The molecule has 1 amide bonds. The molecule has 0 bridgehead atoms. The van der Waals surface area contributed by atoms with Gasteiger partial charge < -0.3 is 15.2 Å². The monoisotopic (exact) mass is 290 g/mol. The Bertz CT molecular complexity index is 665. The van der Waals surface area contributed by atoms with E-state index in [1.807, 2.05) is 0 Å². The predicted molar refractivity (Wildman–Crippen MR) is 73.4 cm³/mol. The summed E-state index contributed by atoms with van der Waals surface area (Å²) in [5, 5.41) is 9.42. The fourth-order valence-corrected chi connectivity index (χ4v) is 2.22. The van der Waals surface area contributed by atoms with Gasteiger partial charge in [-0.3, -0.25) is 4.79 Å². The van der Waals surface area contributed by atoms with Crippen LogP contribution >= 0.6 is 0 Å². The van der Waals surface area contributed by atoms with Crippen LogP contribution in [0.3, 0.4) is 0 Å². The van der Waals surface area contributed by atoms with Crippen molar-refractivity contribution in [2.75, 3.05) is 11.9 Å². The zero-order chi connectivity index (χ0) is 14.8. The number of carbonyl (C=O) groups excluding carboxylic acids is 1. The second kappa shape index (κ2) is 5.61. The molecule has 2 heterocycles. The van der Waals surface area contributed by atoms with Crippen LogP contribution in [0.4, 0.5) is 10.1 Å². The van der Waals surface area contributed by atoms with Crippen LogP contribution in [0.1, 0.15) is 41.0 Å². The van der Waals surface area contributed by atoms with Crippen molar-refractivity contribution in [3.05, 3.63) is 41.3 Å². The Labute approximate surface area is 120 Å². The molecule has 0 aliphatic carbocycles.